The van der Waals surface area contributed by atoms with Crippen LogP contribution in [0.5, 0.6) is 0 Å². The molecule has 21 heavy (non-hydrogen) atoms. The van der Waals surface area contributed by atoms with Crippen LogP contribution in [-0.4, -0.2) is 35.8 Å². The number of nitrogens with zero attached hydrogens (tertiary/aromatic N) is 1. The zero-order chi connectivity index (χ0) is 14.7. The minimum atomic E-state index is -0.395. The van der Waals surface area contributed by atoms with E-state index in [-0.39, 0.29) is 12.0 Å². The highest BCUT2D eigenvalue weighted by atomic mass is 19.1. The zero-order valence-corrected chi connectivity index (χ0v) is 11.2. The summed E-state index contributed by atoms with van der Waals surface area (Å²) in [5.41, 5.74) is 1.27. The number of halogens is 1. The first kappa shape index (κ1) is 13.7. The summed E-state index contributed by atoms with van der Waals surface area (Å²) in [5, 5.41) is 12.0. The van der Waals surface area contributed by atoms with Crippen LogP contribution >= 0.6 is 0 Å². The lowest BCUT2D eigenvalue weighted by molar-refractivity contribution is 0.0255. The lowest BCUT2D eigenvalue weighted by Crippen LogP contribution is -2.33. The van der Waals surface area contributed by atoms with Gasteiger partial charge in [-0.3, -0.25) is 9.89 Å². The predicted molar refractivity (Wildman–Crippen MR) is 74.5 cm³/mol. The molecule has 1 aliphatic heterocycles. The molecular formula is C14H15FN4O2. The van der Waals surface area contributed by atoms with Gasteiger partial charge in [0.1, 0.15) is 5.82 Å². The first-order valence-electron chi connectivity index (χ1n) is 6.66. The van der Waals surface area contributed by atoms with Gasteiger partial charge in [0.15, 0.2) is 0 Å². The van der Waals surface area contributed by atoms with Gasteiger partial charge in [-0.05, 0) is 12.1 Å². The summed E-state index contributed by atoms with van der Waals surface area (Å²) in [6.45, 7) is 1.91. The average Bonchev–Trinajstić information content (AvgIpc) is 3.02. The Morgan fingerprint density at radius 2 is 2.38 bits per heavy atom. The van der Waals surface area contributed by atoms with Crippen molar-refractivity contribution < 1.29 is 13.9 Å². The maximum Gasteiger partial charge on any atom is 0.258 e. The Bertz CT molecular complexity index is 624. The van der Waals surface area contributed by atoms with Gasteiger partial charge in [-0.2, -0.15) is 5.10 Å². The molecule has 1 aromatic heterocycles. The molecule has 0 unspecified atom stereocenters. The Morgan fingerprint density at radius 3 is 3.05 bits per heavy atom. The van der Waals surface area contributed by atoms with E-state index in [9.17, 15) is 9.18 Å². The largest absolute Gasteiger partial charge is 0.371 e. The monoisotopic (exact) mass is 290 g/mol. The molecule has 0 saturated carbocycles. The summed E-state index contributed by atoms with van der Waals surface area (Å²) in [6, 6.07) is 4.59. The molecule has 0 bridgehead atoms. The predicted octanol–water partition coefficient (Wildman–Crippen LogP) is 1.46. The number of aromatic nitrogens is 2. The van der Waals surface area contributed by atoms with E-state index in [4.69, 9.17) is 4.74 Å². The van der Waals surface area contributed by atoms with Crippen LogP contribution in [0.25, 0.3) is 0 Å². The Labute approximate surface area is 120 Å². The third-order valence-corrected chi connectivity index (χ3v) is 3.29. The second-order valence-corrected chi connectivity index (χ2v) is 4.74. The number of H-pyrrole nitrogens is 1. The quantitative estimate of drug-likeness (QED) is 0.799. The number of nitrogens with one attached hydrogen (secondary N) is 3. The molecule has 2 aromatic rings. The van der Waals surface area contributed by atoms with Crippen molar-refractivity contribution >= 4 is 11.6 Å². The van der Waals surface area contributed by atoms with Gasteiger partial charge in [0, 0.05) is 30.5 Å². The molecule has 6 nitrogen and oxygen atoms in total. The SMILES string of the molecule is O=C(Nc1ccc([C@H]2CNCCO2)c(F)c1)c1cn[nH]c1. The summed E-state index contributed by atoms with van der Waals surface area (Å²) in [6.07, 6.45) is 2.58. The molecule has 7 heteroatoms. The highest BCUT2D eigenvalue weighted by Crippen LogP contribution is 2.24. The van der Waals surface area contributed by atoms with Crippen LogP contribution in [0.2, 0.25) is 0 Å². The number of hydrogen-bond acceptors (Lipinski definition) is 4. The number of hydrogen-bond donors (Lipinski definition) is 3. The van der Waals surface area contributed by atoms with E-state index in [0.717, 1.165) is 6.54 Å². The fourth-order valence-corrected chi connectivity index (χ4v) is 2.21. The van der Waals surface area contributed by atoms with Gasteiger partial charge < -0.3 is 15.4 Å². The van der Waals surface area contributed by atoms with E-state index in [0.29, 0.717) is 30.0 Å². The minimum absolute atomic E-state index is 0.294. The molecule has 0 radical (unpaired) electrons. The Hall–Kier alpha value is -2.25. The summed E-state index contributed by atoms with van der Waals surface area (Å²) in [7, 11) is 0. The van der Waals surface area contributed by atoms with Crippen LogP contribution in [0.1, 0.15) is 22.0 Å². The molecular weight excluding hydrogens is 275 g/mol. The third kappa shape index (κ3) is 3.09. The first-order chi connectivity index (χ1) is 10.2. The van der Waals surface area contributed by atoms with E-state index >= 15 is 0 Å². The smallest absolute Gasteiger partial charge is 0.258 e. The van der Waals surface area contributed by atoms with E-state index in [1.807, 2.05) is 0 Å². The van der Waals surface area contributed by atoms with Crippen LogP contribution in [-0.2, 0) is 4.74 Å². The molecule has 2 heterocycles. The highest BCUT2D eigenvalue weighted by molar-refractivity contribution is 6.03. The molecule has 1 saturated heterocycles. The number of aromatic amines is 1. The fraction of sp³-hybridized carbons (Fsp3) is 0.286. The number of ether oxygens (including phenoxy) is 1. The number of carbonyl (C=O) groups excluding carboxylic acids is 1. The van der Waals surface area contributed by atoms with Crippen molar-refractivity contribution in [2.45, 2.75) is 6.10 Å². The van der Waals surface area contributed by atoms with Crippen molar-refractivity contribution in [1.82, 2.24) is 15.5 Å². The number of benzene rings is 1. The van der Waals surface area contributed by atoms with Gasteiger partial charge in [0.2, 0.25) is 0 Å². The van der Waals surface area contributed by atoms with E-state index in [1.165, 1.54) is 18.5 Å². The normalized spacial score (nSPS) is 18.4. The topological polar surface area (TPSA) is 79.0 Å². The number of rotatable bonds is 3. The Balaban J connectivity index is 1.73. The van der Waals surface area contributed by atoms with Crippen molar-refractivity contribution in [1.29, 1.82) is 0 Å². The maximum atomic E-state index is 14.1. The third-order valence-electron chi connectivity index (χ3n) is 3.29. The molecule has 1 fully saturated rings. The van der Waals surface area contributed by atoms with Crippen molar-refractivity contribution in [3.8, 4) is 0 Å². The maximum absolute atomic E-state index is 14.1. The van der Waals surface area contributed by atoms with Gasteiger partial charge in [0.25, 0.3) is 5.91 Å². The van der Waals surface area contributed by atoms with Crippen molar-refractivity contribution in [3.05, 3.63) is 47.5 Å². The van der Waals surface area contributed by atoms with Gasteiger partial charge in [-0.15, -0.1) is 0 Å². The van der Waals surface area contributed by atoms with Crippen LogP contribution < -0.4 is 10.6 Å². The standard InChI is InChI=1S/C14H15FN4O2/c15-12-5-10(19-14(20)9-6-17-18-7-9)1-2-11(12)13-8-16-3-4-21-13/h1-2,5-7,13,16H,3-4,8H2,(H,17,18)(H,19,20)/t13-/m1/s1. The minimum Gasteiger partial charge on any atom is -0.371 e. The van der Waals surface area contributed by atoms with Crippen LogP contribution in [0.4, 0.5) is 10.1 Å². The van der Waals surface area contributed by atoms with Gasteiger partial charge in [0.05, 0.1) is 24.5 Å². The fourth-order valence-electron chi connectivity index (χ4n) is 2.21. The van der Waals surface area contributed by atoms with E-state index in [1.54, 1.807) is 12.1 Å². The first-order valence-corrected chi connectivity index (χ1v) is 6.66. The number of carbonyl (C=O) groups is 1. The summed E-state index contributed by atoms with van der Waals surface area (Å²) >= 11 is 0. The van der Waals surface area contributed by atoms with Crippen LogP contribution in [0.15, 0.2) is 30.6 Å². The van der Waals surface area contributed by atoms with Gasteiger partial charge >= 0.3 is 0 Å². The van der Waals surface area contributed by atoms with Crippen LogP contribution in [0.3, 0.4) is 0 Å². The Kier molecular flexibility index (Phi) is 3.94. The summed E-state index contributed by atoms with van der Waals surface area (Å²) < 4.78 is 19.7. The molecule has 1 aromatic carbocycles. The van der Waals surface area contributed by atoms with E-state index in [2.05, 4.69) is 20.8 Å². The lowest BCUT2D eigenvalue weighted by Gasteiger charge is -2.24. The zero-order valence-electron chi connectivity index (χ0n) is 11.2. The summed E-state index contributed by atoms with van der Waals surface area (Å²) in [5.74, 6) is -0.736. The number of anilines is 1. The van der Waals surface area contributed by atoms with Crippen molar-refractivity contribution in [2.24, 2.45) is 0 Å². The number of amides is 1. The van der Waals surface area contributed by atoms with Gasteiger partial charge in [-0.25, -0.2) is 4.39 Å². The van der Waals surface area contributed by atoms with Crippen LogP contribution in [0, 0.1) is 5.82 Å². The molecule has 110 valence electrons. The van der Waals surface area contributed by atoms with Crippen molar-refractivity contribution in [2.75, 3.05) is 25.0 Å². The second kappa shape index (κ2) is 6.02. The molecule has 0 aliphatic carbocycles. The van der Waals surface area contributed by atoms with Crippen molar-refractivity contribution in [3.63, 3.8) is 0 Å². The molecule has 3 rings (SSSR count). The van der Waals surface area contributed by atoms with Gasteiger partial charge in [-0.1, -0.05) is 6.07 Å². The lowest BCUT2D eigenvalue weighted by atomic mass is 10.1. The Morgan fingerprint density at radius 1 is 1.48 bits per heavy atom. The second-order valence-electron chi connectivity index (χ2n) is 4.74. The molecule has 3 N–H and O–H groups in total. The molecule has 1 aliphatic rings. The highest BCUT2D eigenvalue weighted by Gasteiger charge is 2.19. The average molecular weight is 290 g/mol. The molecule has 0 spiro atoms. The molecule has 1 amide bonds. The molecule has 1 atom stereocenters. The number of morpholine rings is 1. The van der Waals surface area contributed by atoms with E-state index < -0.39 is 5.82 Å². The summed E-state index contributed by atoms with van der Waals surface area (Å²) in [4.78, 5) is 11.8.